The maximum absolute atomic E-state index is 11.9. The van der Waals surface area contributed by atoms with E-state index >= 15 is 0 Å². The van der Waals surface area contributed by atoms with Crippen molar-refractivity contribution in [2.75, 3.05) is 26.3 Å². The zero-order valence-electron chi connectivity index (χ0n) is 8.77. The van der Waals surface area contributed by atoms with Crippen molar-refractivity contribution < 1.29 is 22.7 Å². The molecule has 0 bridgehead atoms. The summed E-state index contributed by atoms with van der Waals surface area (Å²) >= 11 is 0. The molecule has 0 radical (unpaired) electrons. The van der Waals surface area contributed by atoms with E-state index in [0.29, 0.717) is 26.1 Å². The van der Waals surface area contributed by atoms with E-state index in [9.17, 15) is 18.0 Å². The van der Waals surface area contributed by atoms with Gasteiger partial charge in [0.05, 0.1) is 5.41 Å². The lowest BCUT2D eigenvalue weighted by atomic mass is 9.79. The van der Waals surface area contributed by atoms with Crippen LogP contribution < -0.4 is 11.1 Å². The summed E-state index contributed by atoms with van der Waals surface area (Å²) in [5, 5.41) is 1.88. The van der Waals surface area contributed by atoms with Crippen molar-refractivity contribution >= 4 is 5.91 Å². The Balaban J connectivity index is 2.55. The maximum Gasteiger partial charge on any atom is 0.405 e. The first-order chi connectivity index (χ1) is 7.40. The number of amides is 1. The van der Waals surface area contributed by atoms with Gasteiger partial charge in [-0.15, -0.1) is 0 Å². The summed E-state index contributed by atoms with van der Waals surface area (Å²) in [6.07, 6.45) is -3.66. The van der Waals surface area contributed by atoms with Crippen molar-refractivity contribution in [3.8, 4) is 0 Å². The highest BCUT2D eigenvalue weighted by atomic mass is 19.4. The van der Waals surface area contributed by atoms with E-state index in [2.05, 4.69) is 0 Å². The van der Waals surface area contributed by atoms with Crippen LogP contribution in [0.25, 0.3) is 0 Å². The van der Waals surface area contributed by atoms with Crippen molar-refractivity contribution in [2.24, 2.45) is 11.1 Å². The molecule has 1 rings (SSSR count). The summed E-state index contributed by atoms with van der Waals surface area (Å²) in [6.45, 7) is -0.554. The molecule has 0 aromatic rings. The Hall–Kier alpha value is -0.820. The first-order valence-corrected chi connectivity index (χ1v) is 5.02. The number of halogens is 3. The Morgan fingerprint density at radius 2 is 1.94 bits per heavy atom. The average Bonchev–Trinajstić information content (AvgIpc) is 2.25. The molecule has 0 aromatic heterocycles. The third kappa shape index (κ3) is 3.34. The fourth-order valence-corrected chi connectivity index (χ4v) is 1.65. The Labute approximate surface area is 91.3 Å². The lowest BCUT2D eigenvalue weighted by Gasteiger charge is -2.34. The van der Waals surface area contributed by atoms with E-state index in [1.807, 2.05) is 5.32 Å². The molecule has 1 heterocycles. The number of alkyl halides is 3. The van der Waals surface area contributed by atoms with Crippen molar-refractivity contribution in [3.05, 3.63) is 0 Å². The third-order valence-electron chi connectivity index (χ3n) is 2.77. The van der Waals surface area contributed by atoms with Crippen LogP contribution in [0.2, 0.25) is 0 Å². The molecule has 0 spiro atoms. The topological polar surface area (TPSA) is 64.4 Å². The molecule has 1 fully saturated rings. The van der Waals surface area contributed by atoms with Gasteiger partial charge in [-0.25, -0.2) is 0 Å². The summed E-state index contributed by atoms with van der Waals surface area (Å²) in [5.41, 5.74) is 4.58. The van der Waals surface area contributed by atoms with Gasteiger partial charge in [0, 0.05) is 19.8 Å². The van der Waals surface area contributed by atoms with Gasteiger partial charge in [0.25, 0.3) is 0 Å². The molecule has 3 N–H and O–H groups in total. The Kier molecular flexibility index (Phi) is 4.15. The quantitative estimate of drug-likeness (QED) is 0.751. The fraction of sp³-hybridized carbons (Fsp3) is 0.889. The van der Waals surface area contributed by atoms with Gasteiger partial charge in [0.2, 0.25) is 5.91 Å². The lowest BCUT2D eigenvalue weighted by Crippen LogP contribution is -2.50. The molecule has 0 aliphatic carbocycles. The average molecular weight is 240 g/mol. The largest absolute Gasteiger partial charge is 0.405 e. The molecular weight excluding hydrogens is 225 g/mol. The van der Waals surface area contributed by atoms with E-state index < -0.39 is 24.0 Å². The molecule has 0 atom stereocenters. The van der Waals surface area contributed by atoms with Crippen molar-refractivity contribution in [1.29, 1.82) is 0 Å². The smallest absolute Gasteiger partial charge is 0.381 e. The summed E-state index contributed by atoms with van der Waals surface area (Å²) in [7, 11) is 0. The lowest BCUT2D eigenvalue weighted by molar-refractivity contribution is -0.148. The van der Waals surface area contributed by atoms with Crippen molar-refractivity contribution in [3.63, 3.8) is 0 Å². The molecule has 1 aliphatic heterocycles. The van der Waals surface area contributed by atoms with Crippen LogP contribution in [0.5, 0.6) is 0 Å². The van der Waals surface area contributed by atoms with Crippen molar-refractivity contribution in [1.82, 2.24) is 5.32 Å². The van der Waals surface area contributed by atoms with Crippen LogP contribution in [0.4, 0.5) is 13.2 Å². The molecule has 1 saturated heterocycles. The number of nitrogens with one attached hydrogen (secondary N) is 1. The summed E-state index contributed by atoms with van der Waals surface area (Å²) in [6, 6.07) is 0. The third-order valence-corrected chi connectivity index (χ3v) is 2.77. The highest BCUT2D eigenvalue weighted by molar-refractivity contribution is 5.83. The zero-order valence-corrected chi connectivity index (χ0v) is 8.77. The molecular formula is C9H15F3N2O2. The summed E-state index contributed by atoms with van der Waals surface area (Å²) in [5.74, 6) is -0.629. The van der Waals surface area contributed by atoms with Gasteiger partial charge in [0.1, 0.15) is 6.54 Å². The maximum atomic E-state index is 11.9. The van der Waals surface area contributed by atoms with Gasteiger partial charge in [0.15, 0.2) is 0 Å². The van der Waals surface area contributed by atoms with Gasteiger partial charge >= 0.3 is 6.18 Å². The van der Waals surface area contributed by atoms with Crippen LogP contribution in [0.3, 0.4) is 0 Å². The van der Waals surface area contributed by atoms with E-state index in [4.69, 9.17) is 10.5 Å². The first-order valence-electron chi connectivity index (χ1n) is 5.02. The van der Waals surface area contributed by atoms with Crippen LogP contribution in [0, 0.1) is 5.41 Å². The van der Waals surface area contributed by atoms with Crippen LogP contribution in [-0.2, 0) is 9.53 Å². The number of rotatable bonds is 3. The number of hydrogen-bond donors (Lipinski definition) is 2. The summed E-state index contributed by atoms with van der Waals surface area (Å²) in [4.78, 5) is 11.7. The number of carbonyl (C=O) groups is 1. The SMILES string of the molecule is NCC1(C(=O)NCC(F)(F)F)CCOCC1. The Morgan fingerprint density at radius 1 is 1.38 bits per heavy atom. The number of nitrogens with two attached hydrogens (primary N) is 1. The van der Waals surface area contributed by atoms with Gasteiger partial charge in [-0.3, -0.25) is 4.79 Å². The molecule has 0 aromatic carbocycles. The highest BCUT2D eigenvalue weighted by Crippen LogP contribution is 2.29. The molecule has 7 heteroatoms. The predicted molar refractivity (Wildman–Crippen MR) is 50.6 cm³/mol. The summed E-state index contributed by atoms with van der Waals surface area (Å²) < 4.78 is 40.9. The predicted octanol–water partition coefficient (Wildman–Crippen LogP) is 0.420. The molecule has 1 aliphatic rings. The highest BCUT2D eigenvalue weighted by Gasteiger charge is 2.40. The van der Waals surface area contributed by atoms with Crippen LogP contribution >= 0.6 is 0 Å². The van der Waals surface area contributed by atoms with Crippen LogP contribution in [-0.4, -0.2) is 38.4 Å². The molecule has 94 valence electrons. The van der Waals surface area contributed by atoms with Crippen molar-refractivity contribution in [2.45, 2.75) is 19.0 Å². The molecule has 16 heavy (non-hydrogen) atoms. The van der Waals surface area contributed by atoms with Gasteiger partial charge < -0.3 is 15.8 Å². The second kappa shape index (κ2) is 5.01. The van der Waals surface area contributed by atoms with Crippen LogP contribution in [0.15, 0.2) is 0 Å². The van der Waals surface area contributed by atoms with E-state index in [1.54, 1.807) is 0 Å². The second-order valence-electron chi connectivity index (χ2n) is 3.89. The molecule has 0 unspecified atom stereocenters. The first kappa shape index (κ1) is 13.2. The molecule has 1 amide bonds. The fourth-order valence-electron chi connectivity index (χ4n) is 1.65. The molecule has 4 nitrogen and oxygen atoms in total. The number of ether oxygens (including phenoxy) is 1. The Bertz CT molecular complexity index is 250. The van der Waals surface area contributed by atoms with E-state index in [0.717, 1.165) is 0 Å². The van der Waals surface area contributed by atoms with Gasteiger partial charge in [-0.05, 0) is 12.8 Å². The molecule has 0 saturated carbocycles. The Morgan fingerprint density at radius 3 is 2.38 bits per heavy atom. The monoisotopic (exact) mass is 240 g/mol. The van der Waals surface area contributed by atoms with Crippen LogP contribution in [0.1, 0.15) is 12.8 Å². The normalized spacial score (nSPS) is 20.5. The number of carbonyl (C=O) groups excluding carboxylic acids is 1. The van der Waals surface area contributed by atoms with Gasteiger partial charge in [-0.2, -0.15) is 13.2 Å². The van der Waals surface area contributed by atoms with E-state index in [1.165, 1.54) is 0 Å². The number of hydrogen-bond acceptors (Lipinski definition) is 3. The minimum Gasteiger partial charge on any atom is -0.381 e. The standard InChI is InChI=1S/C9H15F3N2O2/c10-9(11,12)6-14-7(15)8(5-13)1-3-16-4-2-8/h1-6,13H2,(H,14,15). The second-order valence-corrected chi connectivity index (χ2v) is 3.89. The minimum atomic E-state index is -4.39. The van der Waals surface area contributed by atoms with Gasteiger partial charge in [-0.1, -0.05) is 0 Å². The minimum absolute atomic E-state index is 0.0417. The van der Waals surface area contributed by atoms with E-state index in [-0.39, 0.29) is 6.54 Å². The zero-order chi connectivity index (χ0) is 12.2.